The van der Waals surface area contributed by atoms with Gasteiger partial charge in [-0.1, -0.05) is 12.1 Å². The number of sulfone groups is 1. The number of benzene rings is 1. The quantitative estimate of drug-likeness (QED) is 0.830. The maximum absolute atomic E-state index is 11.5. The van der Waals surface area contributed by atoms with Gasteiger partial charge < -0.3 is 14.8 Å². The summed E-state index contributed by atoms with van der Waals surface area (Å²) in [6.45, 7) is 5.30. The molecule has 22 heavy (non-hydrogen) atoms. The van der Waals surface area contributed by atoms with Gasteiger partial charge in [-0.2, -0.15) is 0 Å². The fourth-order valence-corrected chi connectivity index (χ4v) is 4.54. The van der Waals surface area contributed by atoms with Gasteiger partial charge in [-0.3, -0.25) is 0 Å². The first kappa shape index (κ1) is 17.1. The van der Waals surface area contributed by atoms with Crippen LogP contribution in [-0.4, -0.2) is 39.7 Å². The molecular formula is C16H25NO4S. The van der Waals surface area contributed by atoms with Crippen molar-refractivity contribution >= 4 is 9.84 Å². The zero-order chi connectivity index (χ0) is 16.2. The van der Waals surface area contributed by atoms with E-state index >= 15 is 0 Å². The predicted molar refractivity (Wildman–Crippen MR) is 87.2 cm³/mol. The van der Waals surface area contributed by atoms with Crippen LogP contribution in [0.25, 0.3) is 0 Å². The van der Waals surface area contributed by atoms with Crippen LogP contribution in [0.5, 0.6) is 11.5 Å². The molecule has 1 heterocycles. The number of nitrogens with one attached hydrogen (secondary N) is 1. The Bertz CT molecular complexity index is 598. The second-order valence-electron chi connectivity index (χ2n) is 6.02. The van der Waals surface area contributed by atoms with Crippen molar-refractivity contribution in [3.63, 3.8) is 0 Å². The van der Waals surface area contributed by atoms with Crippen LogP contribution in [0.4, 0.5) is 0 Å². The van der Waals surface area contributed by atoms with Gasteiger partial charge in [0.05, 0.1) is 24.7 Å². The Kier molecular flexibility index (Phi) is 5.69. The Labute approximate surface area is 132 Å². The lowest BCUT2D eigenvalue weighted by Gasteiger charge is -2.18. The van der Waals surface area contributed by atoms with Crippen LogP contribution in [-0.2, 0) is 16.4 Å². The van der Waals surface area contributed by atoms with E-state index in [1.165, 1.54) is 0 Å². The third-order valence-corrected chi connectivity index (χ3v) is 5.55. The van der Waals surface area contributed by atoms with E-state index in [4.69, 9.17) is 9.47 Å². The molecule has 0 bridgehead atoms. The van der Waals surface area contributed by atoms with Crippen molar-refractivity contribution < 1.29 is 17.9 Å². The normalized spacial score (nSPS) is 20.3. The summed E-state index contributed by atoms with van der Waals surface area (Å²) in [5.74, 6) is 2.31. The lowest BCUT2D eigenvalue weighted by Crippen LogP contribution is -2.24. The van der Waals surface area contributed by atoms with E-state index in [9.17, 15) is 8.42 Å². The molecule has 1 fully saturated rings. The van der Waals surface area contributed by atoms with Gasteiger partial charge in [0.1, 0.15) is 0 Å². The standard InChI is InChI=1S/C16H25NO4S/c1-12(2)21-16-14(5-4-6-15(16)20-3)10-17-9-13-7-8-22(18,19)11-13/h4-6,12-13,17H,7-11H2,1-3H3. The first-order valence-electron chi connectivity index (χ1n) is 7.65. The Morgan fingerprint density at radius 3 is 2.73 bits per heavy atom. The van der Waals surface area contributed by atoms with Gasteiger partial charge in [0.15, 0.2) is 21.3 Å². The summed E-state index contributed by atoms with van der Waals surface area (Å²) in [5.41, 5.74) is 1.02. The molecule has 0 aliphatic carbocycles. The molecule has 1 unspecified atom stereocenters. The average molecular weight is 327 g/mol. The topological polar surface area (TPSA) is 64.6 Å². The van der Waals surface area contributed by atoms with Crippen LogP contribution in [0.15, 0.2) is 18.2 Å². The lowest BCUT2D eigenvalue weighted by atomic mass is 10.1. The molecule has 1 N–H and O–H groups in total. The summed E-state index contributed by atoms with van der Waals surface area (Å²) < 4.78 is 34.2. The largest absolute Gasteiger partial charge is 0.493 e. The van der Waals surface area contributed by atoms with Crippen LogP contribution in [0.1, 0.15) is 25.8 Å². The zero-order valence-electron chi connectivity index (χ0n) is 13.5. The van der Waals surface area contributed by atoms with Crippen molar-refractivity contribution in [2.45, 2.75) is 32.9 Å². The first-order chi connectivity index (χ1) is 10.4. The van der Waals surface area contributed by atoms with E-state index in [0.29, 0.717) is 24.6 Å². The number of ether oxygens (including phenoxy) is 2. The number of methoxy groups -OCH3 is 1. The molecule has 0 spiro atoms. The van der Waals surface area contributed by atoms with E-state index < -0.39 is 9.84 Å². The molecule has 1 aliphatic heterocycles. The molecular weight excluding hydrogens is 302 g/mol. The van der Waals surface area contributed by atoms with Gasteiger partial charge in [-0.25, -0.2) is 8.42 Å². The summed E-state index contributed by atoms with van der Waals surface area (Å²) in [4.78, 5) is 0. The van der Waals surface area contributed by atoms with Gasteiger partial charge in [0.2, 0.25) is 0 Å². The summed E-state index contributed by atoms with van der Waals surface area (Å²) in [6.07, 6.45) is 0.818. The molecule has 1 aliphatic rings. The summed E-state index contributed by atoms with van der Waals surface area (Å²) in [5, 5.41) is 3.35. The van der Waals surface area contributed by atoms with Crippen LogP contribution < -0.4 is 14.8 Å². The maximum atomic E-state index is 11.5. The van der Waals surface area contributed by atoms with Gasteiger partial charge in [0.25, 0.3) is 0 Å². The smallest absolute Gasteiger partial charge is 0.166 e. The highest BCUT2D eigenvalue weighted by Crippen LogP contribution is 2.32. The van der Waals surface area contributed by atoms with E-state index in [-0.39, 0.29) is 12.0 Å². The Morgan fingerprint density at radius 2 is 2.14 bits per heavy atom. The highest BCUT2D eigenvalue weighted by atomic mass is 32.2. The predicted octanol–water partition coefficient (Wildman–Crippen LogP) is 2.01. The van der Waals surface area contributed by atoms with E-state index in [0.717, 1.165) is 23.5 Å². The van der Waals surface area contributed by atoms with Gasteiger partial charge in [-0.05, 0) is 38.8 Å². The Balaban J connectivity index is 1.97. The van der Waals surface area contributed by atoms with Gasteiger partial charge >= 0.3 is 0 Å². The van der Waals surface area contributed by atoms with Crippen molar-refractivity contribution in [2.24, 2.45) is 5.92 Å². The average Bonchev–Trinajstić information content (AvgIpc) is 2.79. The third kappa shape index (κ3) is 4.61. The van der Waals surface area contributed by atoms with Crippen LogP contribution >= 0.6 is 0 Å². The molecule has 0 amide bonds. The van der Waals surface area contributed by atoms with Crippen LogP contribution in [0, 0.1) is 5.92 Å². The van der Waals surface area contributed by atoms with Crippen molar-refractivity contribution in [3.05, 3.63) is 23.8 Å². The number of hydrogen-bond acceptors (Lipinski definition) is 5. The zero-order valence-corrected chi connectivity index (χ0v) is 14.3. The minimum Gasteiger partial charge on any atom is -0.493 e. The molecule has 1 saturated heterocycles. The molecule has 1 aromatic rings. The van der Waals surface area contributed by atoms with Crippen molar-refractivity contribution in [1.82, 2.24) is 5.32 Å². The lowest BCUT2D eigenvalue weighted by molar-refractivity contribution is 0.227. The molecule has 1 atom stereocenters. The van der Waals surface area contributed by atoms with Crippen molar-refractivity contribution in [1.29, 1.82) is 0 Å². The van der Waals surface area contributed by atoms with Crippen molar-refractivity contribution in [3.8, 4) is 11.5 Å². The Morgan fingerprint density at radius 1 is 1.36 bits per heavy atom. The summed E-state index contributed by atoms with van der Waals surface area (Å²) in [6, 6.07) is 5.81. The molecule has 0 saturated carbocycles. The van der Waals surface area contributed by atoms with E-state index in [2.05, 4.69) is 5.32 Å². The molecule has 2 rings (SSSR count). The molecule has 124 valence electrons. The minimum atomic E-state index is -2.81. The number of para-hydroxylation sites is 1. The van der Waals surface area contributed by atoms with Crippen LogP contribution in [0.2, 0.25) is 0 Å². The molecule has 0 radical (unpaired) electrons. The first-order valence-corrected chi connectivity index (χ1v) is 9.47. The highest BCUT2D eigenvalue weighted by molar-refractivity contribution is 7.91. The summed E-state index contributed by atoms with van der Waals surface area (Å²) >= 11 is 0. The highest BCUT2D eigenvalue weighted by Gasteiger charge is 2.27. The number of rotatable bonds is 7. The fraction of sp³-hybridized carbons (Fsp3) is 0.625. The summed E-state index contributed by atoms with van der Waals surface area (Å²) in [7, 11) is -1.18. The maximum Gasteiger partial charge on any atom is 0.166 e. The Hall–Kier alpha value is -1.27. The minimum absolute atomic E-state index is 0.0648. The molecule has 1 aromatic carbocycles. The third-order valence-electron chi connectivity index (χ3n) is 3.71. The monoisotopic (exact) mass is 327 g/mol. The van der Waals surface area contributed by atoms with E-state index in [1.807, 2.05) is 32.0 Å². The van der Waals surface area contributed by atoms with Gasteiger partial charge in [0, 0.05) is 12.1 Å². The molecule has 5 nitrogen and oxygen atoms in total. The fourth-order valence-electron chi connectivity index (χ4n) is 2.67. The molecule has 0 aromatic heterocycles. The SMILES string of the molecule is COc1cccc(CNCC2CCS(=O)(=O)C2)c1OC(C)C. The molecule has 6 heteroatoms. The second-order valence-corrected chi connectivity index (χ2v) is 8.24. The van der Waals surface area contributed by atoms with Crippen molar-refractivity contribution in [2.75, 3.05) is 25.2 Å². The van der Waals surface area contributed by atoms with Crippen LogP contribution in [0.3, 0.4) is 0 Å². The van der Waals surface area contributed by atoms with E-state index in [1.54, 1.807) is 7.11 Å². The second kappa shape index (κ2) is 7.33. The number of hydrogen-bond donors (Lipinski definition) is 1. The van der Waals surface area contributed by atoms with Gasteiger partial charge in [-0.15, -0.1) is 0 Å².